The molecule has 2 heterocycles. The van der Waals surface area contributed by atoms with Crippen LogP contribution in [0.15, 0.2) is 40.5 Å². The maximum atomic E-state index is 13.2. The van der Waals surface area contributed by atoms with Gasteiger partial charge in [0.15, 0.2) is 0 Å². The number of thioether (sulfide) groups is 1. The van der Waals surface area contributed by atoms with Crippen LogP contribution in [-0.2, 0) is 7.05 Å². The van der Waals surface area contributed by atoms with E-state index in [-0.39, 0.29) is 10.3 Å². The van der Waals surface area contributed by atoms with E-state index in [1.54, 1.807) is 17.0 Å². The number of benzene rings is 1. The molecule has 8 heteroatoms. The Labute approximate surface area is 134 Å². The van der Waals surface area contributed by atoms with Crippen molar-refractivity contribution in [2.24, 2.45) is 12.0 Å². The average Bonchev–Trinajstić information content (AvgIpc) is 3.01. The monoisotopic (exact) mass is 336 g/mol. The number of hydrogen-bond acceptors (Lipinski definition) is 4. The van der Waals surface area contributed by atoms with Crippen LogP contribution in [-0.4, -0.2) is 20.9 Å². The molecule has 112 valence electrons. The second-order valence-corrected chi connectivity index (χ2v) is 5.95. The van der Waals surface area contributed by atoms with Gasteiger partial charge in [-0.2, -0.15) is 5.10 Å². The Morgan fingerprint density at radius 1 is 1.50 bits per heavy atom. The minimum Gasteiger partial charge on any atom is -0.300 e. The van der Waals surface area contributed by atoms with Crippen LogP contribution in [0.3, 0.4) is 0 Å². The largest absolute Gasteiger partial charge is 0.300 e. The topological polar surface area (TPSA) is 59.3 Å². The first-order chi connectivity index (χ1) is 10.5. The lowest BCUT2D eigenvalue weighted by molar-refractivity contribution is 0.265. The fourth-order valence-corrected chi connectivity index (χ4v) is 2.77. The SMILES string of the molecule is Cn1cc(/C=C2/SC(=O)NC2=Nc2ccc(F)c(Cl)c2)cn1. The normalized spacial score (nSPS) is 18.2. The molecule has 1 aromatic carbocycles. The quantitative estimate of drug-likeness (QED) is 0.908. The highest BCUT2D eigenvalue weighted by atomic mass is 35.5. The molecular weight excluding hydrogens is 327 g/mol. The first-order valence-electron chi connectivity index (χ1n) is 6.24. The summed E-state index contributed by atoms with van der Waals surface area (Å²) >= 11 is 6.77. The van der Waals surface area contributed by atoms with Crippen molar-refractivity contribution in [3.05, 3.63) is 51.9 Å². The van der Waals surface area contributed by atoms with Gasteiger partial charge >= 0.3 is 0 Å². The zero-order valence-electron chi connectivity index (χ0n) is 11.4. The number of halogens is 2. The van der Waals surface area contributed by atoms with Crippen LogP contribution in [0.1, 0.15) is 5.56 Å². The number of aliphatic imine (C=N–C) groups is 1. The van der Waals surface area contributed by atoms with Gasteiger partial charge in [-0.05, 0) is 36.0 Å². The van der Waals surface area contributed by atoms with Crippen molar-refractivity contribution in [1.29, 1.82) is 0 Å². The molecule has 1 aromatic heterocycles. The smallest absolute Gasteiger partial charge is 0.289 e. The summed E-state index contributed by atoms with van der Waals surface area (Å²) < 4.78 is 14.8. The summed E-state index contributed by atoms with van der Waals surface area (Å²) in [6.07, 6.45) is 5.31. The van der Waals surface area contributed by atoms with Gasteiger partial charge in [0.1, 0.15) is 11.7 Å². The Kier molecular flexibility index (Phi) is 4.00. The number of rotatable bonds is 2. The highest BCUT2D eigenvalue weighted by Gasteiger charge is 2.23. The van der Waals surface area contributed by atoms with Gasteiger partial charge in [-0.25, -0.2) is 9.38 Å². The van der Waals surface area contributed by atoms with Crippen LogP contribution in [0.25, 0.3) is 6.08 Å². The third-order valence-corrected chi connectivity index (χ3v) is 3.93. The highest BCUT2D eigenvalue weighted by Crippen LogP contribution is 2.29. The Morgan fingerprint density at radius 3 is 3.00 bits per heavy atom. The predicted molar refractivity (Wildman–Crippen MR) is 85.8 cm³/mol. The van der Waals surface area contributed by atoms with Gasteiger partial charge in [0.05, 0.1) is 21.8 Å². The van der Waals surface area contributed by atoms with E-state index < -0.39 is 5.82 Å². The molecule has 2 aromatic rings. The minimum atomic E-state index is -0.512. The van der Waals surface area contributed by atoms with Crippen molar-refractivity contribution in [3.8, 4) is 0 Å². The molecule has 0 saturated carbocycles. The average molecular weight is 337 g/mol. The Morgan fingerprint density at radius 2 is 2.32 bits per heavy atom. The molecule has 22 heavy (non-hydrogen) atoms. The summed E-state index contributed by atoms with van der Waals surface area (Å²) in [5.74, 6) is -0.108. The van der Waals surface area contributed by atoms with Gasteiger partial charge in [-0.15, -0.1) is 0 Å². The van der Waals surface area contributed by atoms with Crippen LogP contribution in [0.2, 0.25) is 5.02 Å². The first-order valence-corrected chi connectivity index (χ1v) is 7.44. The fourth-order valence-electron chi connectivity index (χ4n) is 1.86. The molecule has 1 saturated heterocycles. The van der Waals surface area contributed by atoms with E-state index in [2.05, 4.69) is 15.4 Å². The number of amidine groups is 1. The van der Waals surface area contributed by atoms with Gasteiger partial charge in [-0.1, -0.05) is 11.6 Å². The molecule has 1 fully saturated rings. The van der Waals surface area contributed by atoms with E-state index >= 15 is 0 Å². The van der Waals surface area contributed by atoms with Crippen molar-refractivity contribution in [3.63, 3.8) is 0 Å². The lowest BCUT2D eigenvalue weighted by atomic mass is 10.3. The van der Waals surface area contributed by atoms with E-state index in [4.69, 9.17) is 11.6 Å². The molecule has 0 atom stereocenters. The molecule has 0 aliphatic carbocycles. The summed E-state index contributed by atoms with van der Waals surface area (Å²) in [6.45, 7) is 0. The predicted octanol–water partition coefficient (Wildman–Crippen LogP) is 3.74. The van der Waals surface area contributed by atoms with Gasteiger partial charge in [0, 0.05) is 18.8 Å². The van der Waals surface area contributed by atoms with Crippen LogP contribution in [0.5, 0.6) is 0 Å². The minimum absolute atomic E-state index is 0.0170. The maximum Gasteiger partial charge on any atom is 0.289 e. The van der Waals surface area contributed by atoms with Gasteiger partial charge in [0.2, 0.25) is 0 Å². The third kappa shape index (κ3) is 3.20. The number of carbonyl (C=O) groups is 1. The molecule has 0 radical (unpaired) electrons. The summed E-state index contributed by atoms with van der Waals surface area (Å²) in [5.41, 5.74) is 1.31. The molecule has 1 amide bonds. The van der Waals surface area contributed by atoms with E-state index in [0.717, 1.165) is 17.3 Å². The van der Waals surface area contributed by atoms with Gasteiger partial charge in [0.25, 0.3) is 5.24 Å². The number of amides is 1. The van der Waals surface area contributed by atoms with Crippen molar-refractivity contribution >= 4 is 46.2 Å². The van der Waals surface area contributed by atoms with Crippen molar-refractivity contribution in [2.75, 3.05) is 0 Å². The molecule has 1 aliphatic heterocycles. The van der Waals surface area contributed by atoms with E-state index in [0.29, 0.717) is 16.4 Å². The van der Waals surface area contributed by atoms with Crippen molar-refractivity contribution in [2.45, 2.75) is 0 Å². The molecule has 0 spiro atoms. The Hall–Kier alpha value is -2.12. The number of nitrogens with zero attached hydrogens (tertiary/aromatic N) is 3. The molecule has 1 N–H and O–H groups in total. The zero-order chi connectivity index (χ0) is 15.7. The standard InChI is InChI=1S/C14H10ClFN4OS/c1-20-7-8(6-17-20)4-12-13(19-14(21)22-12)18-9-2-3-11(16)10(15)5-9/h2-7H,1H3,(H,18,19,21)/b12-4+. The second kappa shape index (κ2) is 5.94. The van der Waals surface area contributed by atoms with Crippen LogP contribution < -0.4 is 5.32 Å². The Bertz CT molecular complexity index is 815. The molecular formula is C14H10ClFN4OS. The van der Waals surface area contributed by atoms with Crippen LogP contribution >= 0.6 is 23.4 Å². The lowest BCUT2D eigenvalue weighted by Crippen LogP contribution is -2.18. The summed E-state index contributed by atoms with van der Waals surface area (Å²) in [7, 11) is 1.81. The summed E-state index contributed by atoms with van der Waals surface area (Å²) in [5, 5.41) is 6.48. The van der Waals surface area contributed by atoms with Gasteiger partial charge in [-0.3, -0.25) is 9.48 Å². The first kappa shape index (κ1) is 14.8. The number of aryl methyl sites for hydroxylation is 1. The Balaban J connectivity index is 1.96. The van der Waals surface area contributed by atoms with Gasteiger partial charge < -0.3 is 5.32 Å². The molecule has 0 bridgehead atoms. The van der Waals surface area contributed by atoms with Crippen LogP contribution in [0, 0.1) is 5.82 Å². The lowest BCUT2D eigenvalue weighted by Gasteiger charge is -2.00. The summed E-state index contributed by atoms with van der Waals surface area (Å²) in [4.78, 5) is 16.6. The molecule has 3 rings (SSSR count). The second-order valence-electron chi connectivity index (χ2n) is 4.53. The van der Waals surface area contributed by atoms with E-state index in [1.807, 2.05) is 13.2 Å². The fraction of sp³-hybridized carbons (Fsp3) is 0.0714. The van der Waals surface area contributed by atoms with E-state index in [9.17, 15) is 9.18 Å². The van der Waals surface area contributed by atoms with E-state index in [1.165, 1.54) is 18.2 Å². The number of nitrogens with one attached hydrogen (secondary N) is 1. The maximum absolute atomic E-state index is 13.2. The molecule has 5 nitrogen and oxygen atoms in total. The number of carbonyl (C=O) groups excluding carboxylic acids is 1. The van der Waals surface area contributed by atoms with Crippen LogP contribution in [0.4, 0.5) is 14.9 Å². The molecule has 0 unspecified atom stereocenters. The van der Waals surface area contributed by atoms with Crippen molar-refractivity contribution < 1.29 is 9.18 Å². The summed E-state index contributed by atoms with van der Waals surface area (Å²) in [6, 6.07) is 4.13. The van der Waals surface area contributed by atoms with Crippen molar-refractivity contribution in [1.82, 2.24) is 15.1 Å². The number of hydrogen-bond donors (Lipinski definition) is 1. The third-order valence-electron chi connectivity index (χ3n) is 2.82. The highest BCUT2D eigenvalue weighted by molar-refractivity contribution is 8.18. The molecule has 1 aliphatic rings. The number of aromatic nitrogens is 2. The zero-order valence-corrected chi connectivity index (χ0v) is 13.0.